The third-order valence-electron chi connectivity index (χ3n) is 9.38. The van der Waals surface area contributed by atoms with Gasteiger partial charge in [0.05, 0.1) is 11.0 Å². The Morgan fingerprint density at radius 3 is 1.25 bits per heavy atom. The Bertz CT molecular complexity index is 2420. The molecular formula is C44H38N6O2. The van der Waals surface area contributed by atoms with Gasteiger partial charge in [-0.25, -0.2) is 9.97 Å². The summed E-state index contributed by atoms with van der Waals surface area (Å²) in [6, 6.07) is 32.2. The van der Waals surface area contributed by atoms with Gasteiger partial charge >= 0.3 is 0 Å². The topological polar surface area (TPSA) is 138 Å². The van der Waals surface area contributed by atoms with Gasteiger partial charge in [-0.3, -0.25) is 19.6 Å². The molecule has 0 aliphatic carbocycles. The van der Waals surface area contributed by atoms with Crippen LogP contribution in [0.3, 0.4) is 0 Å². The number of fused-ring (bicyclic) bond motifs is 6. The van der Waals surface area contributed by atoms with Gasteiger partial charge in [0.15, 0.2) is 11.6 Å². The fourth-order valence-corrected chi connectivity index (χ4v) is 6.50. The van der Waals surface area contributed by atoms with Crippen LogP contribution in [0.2, 0.25) is 0 Å². The van der Waals surface area contributed by atoms with E-state index >= 15 is 0 Å². The quantitative estimate of drug-likeness (QED) is 0.120. The van der Waals surface area contributed by atoms with Crippen molar-refractivity contribution in [2.24, 2.45) is 0 Å². The Balaban J connectivity index is 0.000000162. The van der Waals surface area contributed by atoms with Crippen molar-refractivity contribution in [1.29, 1.82) is 0 Å². The Morgan fingerprint density at radius 1 is 0.481 bits per heavy atom. The smallest absolute Gasteiger partial charge is 0.150 e. The maximum absolute atomic E-state index is 10.8. The van der Waals surface area contributed by atoms with Gasteiger partial charge in [-0.15, -0.1) is 0 Å². The van der Waals surface area contributed by atoms with Crippen LogP contribution in [0.4, 0.5) is 11.6 Å². The van der Waals surface area contributed by atoms with Gasteiger partial charge in [-0.2, -0.15) is 0 Å². The first-order valence-electron chi connectivity index (χ1n) is 17.2. The van der Waals surface area contributed by atoms with Crippen LogP contribution >= 0.6 is 0 Å². The second-order valence-corrected chi connectivity index (χ2v) is 13.2. The van der Waals surface area contributed by atoms with E-state index in [4.69, 9.17) is 11.5 Å². The monoisotopic (exact) mass is 682 g/mol. The first-order valence-corrected chi connectivity index (χ1v) is 17.2. The molecular weight excluding hydrogens is 645 g/mol. The van der Waals surface area contributed by atoms with Crippen molar-refractivity contribution in [2.45, 2.75) is 39.5 Å². The van der Waals surface area contributed by atoms with Crippen molar-refractivity contribution >= 4 is 67.8 Å². The molecule has 0 bridgehead atoms. The highest BCUT2D eigenvalue weighted by Crippen LogP contribution is 2.29. The number of anilines is 2. The number of aromatic nitrogens is 4. The van der Waals surface area contributed by atoms with E-state index in [1.54, 1.807) is 0 Å². The number of hydrogen-bond donors (Lipinski definition) is 2. The zero-order valence-corrected chi connectivity index (χ0v) is 29.1. The molecule has 0 aliphatic heterocycles. The number of rotatable bonds is 8. The van der Waals surface area contributed by atoms with Crippen LogP contribution in [-0.4, -0.2) is 32.5 Å². The fourth-order valence-electron chi connectivity index (χ4n) is 6.50. The molecule has 0 unspecified atom stereocenters. The van der Waals surface area contributed by atoms with Gasteiger partial charge in [0, 0.05) is 45.1 Å². The molecule has 256 valence electrons. The van der Waals surface area contributed by atoms with Gasteiger partial charge in [0.1, 0.15) is 23.6 Å². The van der Waals surface area contributed by atoms with Crippen molar-refractivity contribution in [3.63, 3.8) is 0 Å². The number of aryl methyl sites for hydroxylation is 6. The molecule has 8 nitrogen and oxygen atoms in total. The Morgan fingerprint density at radius 2 is 0.865 bits per heavy atom. The number of carbonyl (C=O) groups excluding carboxylic acids is 2. The van der Waals surface area contributed by atoms with Crippen LogP contribution in [0.25, 0.3) is 43.6 Å². The number of nitrogens with zero attached hydrogens (tertiary/aromatic N) is 4. The lowest BCUT2D eigenvalue weighted by Gasteiger charge is -2.09. The third kappa shape index (κ3) is 7.32. The highest BCUT2D eigenvalue weighted by Gasteiger charge is 2.11. The molecule has 0 atom stereocenters. The molecule has 0 saturated heterocycles. The summed E-state index contributed by atoms with van der Waals surface area (Å²) in [6.45, 7) is 4.10. The largest absolute Gasteiger partial charge is 0.382 e. The van der Waals surface area contributed by atoms with Crippen molar-refractivity contribution < 1.29 is 9.59 Å². The summed E-state index contributed by atoms with van der Waals surface area (Å²) in [7, 11) is 0. The first kappa shape index (κ1) is 33.9. The molecule has 4 aromatic carbocycles. The van der Waals surface area contributed by atoms with Crippen molar-refractivity contribution in [1.82, 2.24) is 19.9 Å². The maximum Gasteiger partial charge on any atom is 0.150 e. The minimum Gasteiger partial charge on any atom is -0.382 e. The number of aldehydes is 2. The summed E-state index contributed by atoms with van der Waals surface area (Å²) < 4.78 is 0. The SMILES string of the molecule is Cc1ccc2c(c1)nc(N)c1ncc(CCc3ccc(C=O)cc3)cc12.Cc1ccc2c(c1)nc(N)c1ncc(CCc3ccc(C=O)cc3)cc12. The lowest BCUT2D eigenvalue weighted by Crippen LogP contribution is -1.98. The summed E-state index contributed by atoms with van der Waals surface area (Å²) >= 11 is 0. The van der Waals surface area contributed by atoms with Crippen LogP contribution < -0.4 is 11.5 Å². The normalized spacial score (nSPS) is 11.1. The molecule has 0 fully saturated rings. The van der Waals surface area contributed by atoms with E-state index in [1.165, 1.54) is 11.1 Å². The van der Waals surface area contributed by atoms with E-state index in [9.17, 15) is 9.59 Å². The number of hydrogen-bond acceptors (Lipinski definition) is 8. The predicted octanol–water partition coefficient (Wildman–Crippen LogP) is 8.54. The number of pyridine rings is 4. The molecule has 8 rings (SSSR count). The lowest BCUT2D eigenvalue weighted by atomic mass is 10.0. The molecule has 0 amide bonds. The van der Waals surface area contributed by atoms with Gasteiger partial charge in [0.25, 0.3) is 0 Å². The molecule has 0 radical (unpaired) electrons. The van der Waals surface area contributed by atoms with Crippen LogP contribution in [0, 0.1) is 13.8 Å². The number of benzene rings is 4. The summed E-state index contributed by atoms with van der Waals surface area (Å²) in [6.07, 6.45) is 9.01. The third-order valence-corrected chi connectivity index (χ3v) is 9.38. The molecule has 8 aromatic rings. The molecule has 0 saturated carbocycles. The van der Waals surface area contributed by atoms with Gasteiger partial charge in [0.2, 0.25) is 0 Å². The Hall–Kier alpha value is -6.54. The van der Waals surface area contributed by atoms with Crippen LogP contribution in [0.15, 0.2) is 109 Å². The molecule has 8 heteroatoms. The fraction of sp³-hybridized carbons (Fsp3) is 0.136. The zero-order chi connectivity index (χ0) is 36.2. The summed E-state index contributed by atoms with van der Waals surface area (Å²) in [4.78, 5) is 39.6. The van der Waals surface area contributed by atoms with Gasteiger partial charge in [-0.05, 0) is 97.2 Å². The second kappa shape index (κ2) is 14.7. The van der Waals surface area contributed by atoms with E-state index in [-0.39, 0.29) is 0 Å². The number of carbonyl (C=O) groups is 2. The maximum atomic E-state index is 10.8. The van der Waals surface area contributed by atoms with E-state index in [2.05, 4.69) is 56.3 Å². The van der Waals surface area contributed by atoms with Crippen LogP contribution in [0.5, 0.6) is 0 Å². The van der Waals surface area contributed by atoms with Gasteiger partial charge < -0.3 is 11.5 Å². The Labute approximate surface area is 301 Å². The summed E-state index contributed by atoms with van der Waals surface area (Å²) in [5.41, 5.74) is 24.0. The molecule has 0 aliphatic rings. The predicted molar refractivity (Wildman–Crippen MR) is 211 cm³/mol. The molecule has 4 heterocycles. The zero-order valence-electron chi connectivity index (χ0n) is 29.1. The average Bonchev–Trinajstić information content (AvgIpc) is 3.16. The lowest BCUT2D eigenvalue weighted by molar-refractivity contribution is 0.111. The highest BCUT2D eigenvalue weighted by atomic mass is 16.1. The van der Waals surface area contributed by atoms with Crippen molar-refractivity contribution in [3.8, 4) is 0 Å². The van der Waals surface area contributed by atoms with Gasteiger partial charge in [-0.1, -0.05) is 72.8 Å². The Kier molecular flexibility index (Phi) is 9.62. The van der Waals surface area contributed by atoms with Crippen molar-refractivity contribution in [2.75, 3.05) is 11.5 Å². The van der Waals surface area contributed by atoms with E-state index in [1.807, 2.05) is 86.9 Å². The molecule has 52 heavy (non-hydrogen) atoms. The molecule has 4 aromatic heterocycles. The van der Waals surface area contributed by atoms with E-state index in [0.29, 0.717) is 22.8 Å². The van der Waals surface area contributed by atoms with E-state index in [0.717, 1.165) is 104 Å². The van der Waals surface area contributed by atoms with Crippen LogP contribution in [-0.2, 0) is 25.7 Å². The summed E-state index contributed by atoms with van der Waals surface area (Å²) in [5.74, 6) is 0.934. The average molecular weight is 683 g/mol. The first-order chi connectivity index (χ1) is 25.3. The highest BCUT2D eigenvalue weighted by molar-refractivity contribution is 6.09. The van der Waals surface area contributed by atoms with Crippen molar-refractivity contribution in [3.05, 3.63) is 154 Å². The number of nitrogens with two attached hydrogens (primary N) is 2. The second-order valence-electron chi connectivity index (χ2n) is 13.2. The summed E-state index contributed by atoms with van der Waals surface area (Å²) in [5, 5.41) is 4.23. The van der Waals surface area contributed by atoms with Crippen LogP contribution in [0.1, 0.15) is 54.1 Å². The number of nitrogen functional groups attached to an aromatic ring is 2. The standard InChI is InChI=1S/2C22H19N3O/c2*1-14-2-9-18-19-11-17(8-5-15-3-6-16(13-26)7-4-15)12-24-21(19)22(23)25-20(18)10-14/h2*2-4,6-7,9-13H,5,8H2,1H3,(H2,23,25). The molecule has 0 spiro atoms. The van der Waals surface area contributed by atoms with E-state index < -0.39 is 0 Å². The molecule has 4 N–H and O–H groups in total. The minimum absolute atomic E-state index is 0.467. The minimum atomic E-state index is 0.467.